The van der Waals surface area contributed by atoms with Crippen molar-refractivity contribution < 1.29 is 0 Å². The lowest BCUT2D eigenvalue weighted by molar-refractivity contribution is 0.547. The van der Waals surface area contributed by atoms with Gasteiger partial charge in [-0.25, -0.2) is 0 Å². The summed E-state index contributed by atoms with van der Waals surface area (Å²) in [5, 5.41) is 5.21. The fourth-order valence-electron chi connectivity index (χ4n) is 2.41. The summed E-state index contributed by atoms with van der Waals surface area (Å²) in [4.78, 5) is 0. The molecule has 0 bridgehead atoms. The van der Waals surface area contributed by atoms with E-state index in [1.54, 1.807) is 0 Å². The second-order valence-corrected chi connectivity index (χ2v) is 6.51. The topological polar surface area (TPSA) is 0 Å². The zero-order valence-electron chi connectivity index (χ0n) is 12.4. The lowest BCUT2D eigenvalue weighted by Crippen LogP contribution is -1.97. The van der Waals surface area contributed by atoms with Gasteiger partial charge in [-0.1, -0.05) is 69.3 Å². The number of benzene rings is 3. The maximum absolute atomic E-state index is 2.28. The number of hydrogen-bond donors (Lipinski definition) is 0. The van der Waals surface area contributed by atoms with Gasteiger partial charge >= 0.3 is 0 Å². The second kappa shape index (κ2) is 4.79. The summed E-state index contributed by atoms with van der Waals surface area (Å²) < 4.78 is 0. The summed E-state index contributed by atoms with van der Waals surface area (Å²) in [6, 6.07) is 19.7. The van der Waals surface area contributed by atoms with Crippen LogP contribution in [0.3, 0.4) is 0 Å². The Morgan fingerprint density at radius 2 is 1.30 bits per heavy atom. The number of fused-ring (bicyclic) bond motifs is 2. The van der Waals surface area contributed by atoms with E-state index in [-0.39, 0.29) is 5.41 Å². The molecule has 0 unspecified atom stereocenters. The molecule has 0 fully saturated rings. The van der Waals surface area contributed by atoms with Crippen molar-refractivity contribution in [2.45, 2.75) is 20.8 Å². The molecule has 0 atom stereocenters. The molecule has 3 rings (SSSR count). The van der Waals surface area contributed by atoms with E-state index in [0.29, 0.717) is 0 Å². The molecule has 0 saturated heterocycles. The summed E-state index contributed by atoms with van der Waals surface area (Å²) in [5.74, 6) is 0. The smallest absolute Gasteiger partial charge is 0.0172 e. The van der Waals surface area contributed by atoms with Gasteiger partial charge in [-0.05, 0) is 50.7 Å². The Labute approximate surface area is 120 Å². The highest BCUT2D eigenvalue weighted by molar-refractivity contribution is 5.98. The van der Waals surface area contributed by atoms with Gasteiger partial charge in [0.15, 0.2) is 0 Å². The highest BCUT2D eigenvalue weighted by Crippen LogP contribution is 2.25. The van der Waals surface area contributed by atoms with E-state index in [2.05, 4.69) is 87.5 Å². The molecule has 100 valence electrons. The van der Waals surface area contributed by atoms with E-state index in [1.807, 2.05) is 0 Å². The molecule has 0 N–H and O–H groups in total. The molecule has 0 aromatic heterocycles. The molecule has 0 amide bonds. The van der Waals surface area contributed by atoms with E-state index < -0.39 is 0 Å². The fourth-order valence-corrected chi connectivity index (χ4v) is 2.41. The van der Waals surface area contributed by atoms with Crippen LogP contribution in [0.5, 0.6) is 0 Å². The van der Waals surface area contributed by atoms with Crippen LogP contribution < -0.4 is 0 Å². The van der Waals surface area contributed by atoms with Crippen LogP contribution in [0.4, 0.5) is 0 Å². The minimum Gasteiger partial charge on any atom is -0.0785 e. The van der Waals surface area contributed by atoms with Crippen LogP contribution in [-0.2, 0) is 0 Å². The largest absolute Gasteiger partial charge is 0.0785 e. The Balaban J connectivity index is 2.11. The first-order valence-corrected chi connectivity index (χ1v) is 7.13. The first kappa shape index (κ1) is 12.9. The Bertz CT molecular complexity index is 786. The van der Waals surface area contributed by atoms with Crippen LogP contribution in [0, 0.1) is 5.41 Å². The molecule has 3 aromatic carbocycles. The van der Waals surface area contributed by atoms with E-state index in [1.165, 1.54) is 27.1 Å². The predicted molar refractivity (Wildman–Crippen MR) is 89.9 cm³/mol. The third-order valence-electron chi connectivity index (χ3n) is 3.50. The van der Waals surface area contributed by atoms with E-state index in [4.69, 9.17) is 0 Å². The van der Waals surface area contributed by atoms with Gasteiger partial charge in [-0.3, -0.25) is 0 Å². The summed E-state index contributed by atoms with van der Waals surface area (Å²) in [5.41, 5.74) is 1.49. The normalized spacial score (nSPS) is 12.6. The SMILES string of the molecule is CC(C)(C)C=Cc1ccc2cc3ccccc3cc2c1. The quantitative estimate of drug-likeness (QED) is 0.467. The van der Waals surface area contributed by atoms with Crippen LogP contribution >= 0.6 is 0 Å². The first-order chi connectivity index (χ1) is 9.51. The van der Waals surface area contributed by atoms with Gasteiger partial charge in [0.05, 0.1) is 0 Å². The zero-order valence-corrected chi connectivity index (χ0v) is 12.4. The third-order valence-corrected chi connectivity index (χ3v) is 3.50. The third kappa shape index (κ3) is 2.75. The van der Waals surface area contributed by atoms with Crippen molar-refractivity contribution in [1.29, 1.82) is 0 Å². The van der Waals surface area contributed by atoms with Gasteiger partial charge in [0.2, 0.25) is 0 Å². The summed E-state index contributed by atoms with van der Waals surface area (Å²) in [6.45, 7) is 6.66. The van der Waals surface area contributed by atoms with E-state index in [0.717, 1.165) is 0 Å². The van der Waals surface area contributed by atoms with Crippen LogP contribution in [0.1, 0.15) is 26.3 Å². The molecule has 0 heteroatoms. The average molecular weight is 260 g/mol. The standard InChI is InChI=1S/C20H20/c1-20(2,3)11-10-15-8-9-18-13-16-6-4-5-7-17(16)14-19(18)12-15/h4-14H,1-3H3. The number of hydrogen-bond acceptors (Lipinski definition) is 0. The lowest BCUT2D eigenvalue weighted by Gasteiger charge is -2.11. The van der Waals surface area contributed by atoms with Crippen LogP contribution in [0.25, 0.3) is 27.6 Å². The van der Waals surface area contributed by atoms with Crippen LogP contribution in [0.2, 0.25) is 0 Å². The van der Waals surface area contributed by atoms with Gasteiger partial charge < -0.3 is 0 Å². The summed E-state index contributed by atoms with van der Waals surface area (Å²) in [6.07, 6.45) is 4.48. The molecule has 0 saturated carbocycles. The monoisotopic (exact) mass is 260 g/mol. The second-order valence-electron chi connectivity index (χ2n) is 6.51. The number of allylic oxidation sites excluding steroid dienone is 1. The Morgan fingerprint density at radius 1 is 0.700 bits per heavy atom. The van der Waals surface area contributed by atoms with Crippen molar-refractivity contribution >= 4 is 27.6 Å². The van der Waals surface area contributed by atoms with Crippen molar-refractivity contribution in [3.63, 3.8) is 0 Å². The van der Waals surface area contributed by atoms with Crippen molar-refractivity contribution in [2.75, 3.05) is 0 Å². The van der Waals surface area contributed by atoms with Crippen molar-refractivity contribution in [2.24, 2.45) is 5.41 Å². The molecule has 3 aromatic rings. The molecular formula is C20H20. The zero-order chi connectivity index (χ0) is 14.2. The Kier molecular flexibility index (Phi) is 3.10. The molecule has 0 nitrogen and oxygen atoms in total. The van der Waals surface area contributed by atoms with Crippen LogP contribution in [0.15, 0.2) is 60.7 Å². The van der Waals surface area contributed by atoms with Gasteiger partial charge in [0, 0.05) is 0 Å². The lowest BCUT2D eigenvalue weighted by atomic mass is 9.94. The summed E-state index contributed by atoms with van der Waals surface area (Å²) in [7, 11) is 0. The molecule has 0 spiro atoms. The first-order valence-electron chi connectivity index (χ1n) is 7.13. The van der Waals surface area contributed by atoms with E-state index in [9.17, 15) is 0 Å². The predicted octanol–water partition coefficient (Wildman–Crippen LogP) is 6.05. The van der Waals surface area contributed by atoms with Crippen molar-refractivity contribution in [1.82, 2.24) is 0 Å². The minimum absolute atomic E-state index is 0.221. The van der Waals surface area contributed by atoms with Crippen LogP contribution in [-0.4, -0.2) is 0 Å². The molecule has 0 radical (unpaired) electrons. The van der Waals surface area contributed by atoms with Gasteiger partial charge in [-0.15, -0.1) is 0 Å². The molecule has 0 heterocycles. The average Bonchev–Trinajstić information content (AvgIpc) is 2.42. The Morgan fingerprint density at radius 3 is 1.95 bits per heavy atom. The molecule has 0 aliphatic carbocycles. The Hall–Kier alpha value is -2.08. The van der Waals surface area contributed by atoms with Gasteiger partial charge in [0.1, 0.15) is 0 Å². The van der Waals surface area contributed by atoms with E-state index >= 15 is 0 Å². The van der Waals surface area contributed by atoms with Gasteiger partial charge in [0.25, 0.3) is 0 Å². The highest BCUT2D eigenvalue weighted by Gasteiger charge is 2.04. The maximum Gasteiger partial charge on any atom is -0.0172 e. The summed E-state index contributed by atoms with van der Waals surface area (Å²) >= 11 is 0. The molecular weight excluding hydrogens is 240 g/mol. The van der Waals surface area contributed by atoms with Gasteiger partial charge in [-0.2, -0.15) is 0 Å². The molecule has 0 aliphatic rings. The molecule has 20 heavy (non-hydrogen) atoms. The molecule has 0 aliphatic heterocycles. The van der Waals surface area contributed by atoms with Crippen molar-refractivity contribution in [3.05, 3.63) is 66.2 Å². The number of rotatable bonds is 1. The minimum atomic E-state index is 0.221. The highest BCUT2D eigenvalue weighted by atomic mass is 14.1. The maximum atomic E-state index is 2.28. The van der Waals surface area contributed by atoms with Crippen molar-refractivity contribution in [3.8, 4) is 0 Å². The fraction of sp³-hybridized carbons (Fsp3) is 0.200.